The molecule has 0 bridgehead atoms. The Balaban J connectivity index is 1.93. The molecule has 1 fully saturated rings. The summed E-state index contributed by atoms with van der Waals surface area (Å²) in [6.45, 7) is 2.08. The number of benzene rings is 1. The highest BCUT2D eigenvalue weighted by molar-refractivity contribution is 7.89. The van der Waals surface area contributed by atoms with Crippen molar-refractivity contribution < 1.29 is 17.6 Å². The van der Waals surface area contributed by atoms with Crippen molar-refractivity contribution in [1.82, 2.24) is 14.2 Å². The molecule has 0 unspecified atom stereocenters. The molecule has 0 spiro atoms. The molecule has 3 rings (SSSR count). The quantitative estimate of drug-likeness (QED) is 0.798. The highest BCUT2D eigenvalue weighted by atomic mass is 32.2. The molecule has 1 saturated heterocycles. The molecule has 27 heavy (non-hydrogen) atoms. The summed E-state index contributed by atoms with van der Waals surface area (Å²) in [7, 11) is -2.40. The van der Waals surface area contributed by atoms with Crippen LogP contribution in [0.4, 0.5) is 4.39 Å². The Morgan fingerprint density at radius 1 is 1.22 bits per heavy atom. The predicted molar refractivity (Wildman–Crippen MR) is 99.0 cm³/mol. The van der Waals surface area contributed by atoms with Crippen LogP contribution in [0, 0.1) is 18.7 Å². The molecule has 0 saturated carbocycles. The minimum Gasteiger partial charge on any atom is -0.344 e. The highest BCUT2D eigenvalue weighted by Crippen LogP contribution is 2.24. The van der Waals surface area contributed by atoms with Gasteiger partial charge in [-0.25, -0.2) is 12.8 Å². The van der Waals surface area contributed by atoms with Crippen LogP contribution in [0.15, 0.2) is 47.5 Å². The van der Waals surface area contributed by atoms with Gasteiger partial charge in [0.05, 0.1) is 5.92 Å². The number of amides is 1. The fourth-order valence-corrected chi connectivity index (χ4v) is 4.81. The van der Waals surface area contributed by atoms with Crippen LogP contribution in [0.3, 0.4) is 0 Å². The summed E-state index contributed by atoms with van der Waals surface area (Å²) in [5.41, 5.74) is 1.37. The van der Waals surface area contributed by atoms with Gasteiger partial charge >= 0.3 is 0 Å². The molecule has 1 aromatic heterocycles. The zero-order chi connectivity index (χ0) is 19.6. The van der Waals surface area contributed by atoms with E-state index in [1.54, 1.807) is 32.3 Å². The van der Waals surface area contributed by atoms with Gasteiger partial charge < -0.3 is 4.90 Å². The van der Waals surface area contributed by atoms with Gasteiger partial charge in [-0.3, -0.25) is 9.78 Å². The third-order valence-electron chi connectivity index (χ3n) is 4.72. The maximum Gasteiger partial charge on any atom is 0.246 e. The maximum atomic E-state index is 14.2. The zero-order valence-corrected chi connectivity index (χ0v) is 16.1. The smallest absolute Gasteiger partial charge is 0.246 e. The van der Waals surface area contributed by atoms with Gasteiger partial charge in [-0.1, -0.05) is 12.1 Å². The second kappa shape index (κ2) is 7.74. The second-order valence-corrected chi connectivity index (χ2v) is 8.69. The first-order chi connectivity index (χ1) is 12.8. The zero-order valence-electron chi connectivity index (χ0n) is 15.3. The lowest BCUT2D eigenvalue weighted by atomic mass is 10.0. The molecular weight excluding hydrogens is 369 g/mol. The monoisotopic (exact) mass is 391 g/mol. The lowest BCUT2D eigenvalue weighted by Crippen LogP contribution is -2.37. The second-order valence-electron chi connectivity index (χ2n) is 6.78. The first-order valence-electron chi connectivity index (χ1n) is 8.70. The number of carbonyl (C=O) groups excluding carboxylic acids is 1. The number of hydrogen-bond donors (Lipinski definition) is 0. The van der Waals surface area contributed by atoms with E-state index in [-0.39, 0.29) is 30.4 Å². The van der Waals surface area contributed by atoms with Crippen molar-refractivity contribution in [2.45, 2.75) is 18.2 Å². The minimum absolute atomic E-state index is 0.00450. The van der Waals surface area contributed by atoms with Crippen molar-refractivity contribution in [3.05, 3.63) is 59.7 Å². The molecular formula is C19H22FN3O3S. The van der Waals surface area contributed by atoms with Gasteiger partial charge in [0.25, 0.3) is 0 Å². The van der Waals surface area contributed by atoms with Crippen molar-refractivity contribution in [3.8, 4) is 0 Å². The topological polar surface area (TPSA) is 70.6 Å². The van der Waals surface area contributed by atoms with E-state index >= 15 is 0 Å². The average molecular weight is 391 g/mol. The molecule has 0 aliphatic carbocycles. The predicted octanol–water partition coefficient (Wildman–Crippen LogP) is 1.85. The normalized spacial score (nSPS) is 19.1. The SMILES string of the molecule is Cc1ccc(F)c(S(=O)(=O)N2CCN(C)C(=O)[C@H](Cc3ccccn3)C2)c1. The number of pyridine rings is 1. The van der Waals surface area contributed by atoms with Gasteiger partial charge in [0.15, 0.2) is 0 Å². The van der Waals surface area contributed by atoms with Crippen molar-refractivity contribution in [2.24, 2.45) is 5.92 Å². The van der Waals surface area contributed by atoms with Gasteiger partial charge in [-0.2, -0.15) is 4.31 Å². The van der Waals surface area contributed by atoms with Gasteiger partial charge in [0, 0.05) is 45.0 Å². The van der Waals surface area contributed by atoms with Gasteiger partial charge in [0.1, 0.15) is 10.7 Å². The standard InChI is InChI=1S/C19H22FN3O3S/c1-14-6-7-17(20)18(11-14)27(25,26)23-10-9-22(2)19(24)15(13-23)12-16-5-3-4-8-21-16/h3-8,11,15H,9-10,12-13H2,1-2H3/t15-/m1/s1. The summed E-state index contributed by atoms with van der Waals surface area (Å²) in [5.74, 6) is -1.50. The maximum absolute atomic E-state index is 14.2. The Morgan fingerprint density at radius 3 is 2.70 bits per heavy atom. The number of nitrogens with zero attached hydrogens (tertiary/aromatic N) is 3. The molecule has 1 aromatic carbocycles. The first-order valence-corrected chi connectivity index (χ1v) is 10.1. The van der Waals surface area contributed by atoms with Crippen LogP contribution < -0.4 is 0 Å². The van der Waals surface area contributed by atoms with E-state index in [0.29, 0.717) is 17.7 Å². The van der Waals surface area contributed by atoms with Crippen molar-refractivity contribution in [3.63, 3.8) is 0 Å². The van der Waals surface area contributed by atoms with Crippen LogP contribution in [0.25, 0.3) is 0 Å². The van der Waals surface area contributed by atoms with E-state index in [1.807, 2.05) is 6.07 Å². The van der Waals surface area contributed by atoms with Crippen LogP contribution in [0.2, 0.25) is 0 Å². The minimum atomic E-state index is -4.05. The Morgan fingerprint density at radius 2 is 2.00 bits per heavy atom. The van der Waals surface area contributed by atoms with E-state index in [4.69, 9.17) is 0 Å². The summed E-state index contributed by atoms with van der Waals surface area (Å²) in [5, 5.41) is 0. The van der Waals surface area contributed by atoms with Crippen LogP contribution in [-0.2, 0) is 21.2 Å². The van der Waals surface area contributed by atoms with E-state index < -0.39 is 21.8 Å². The number of carbonyl (C=O) groups is 1. The summed E-state index contributed by atoms with van der Waals surface area (Å²) in [6.07, 6.45) is 1.96. The molecule has 6 nitrogen and oxygen atoms in total. The van der Waals surface area contributed by atoms with Crippen molar-refractivity contribution in [1.29, 1.82) is 0 Å². The van der Waals surface area contributed by atoms with Crippen molar-refractivity contribution >= 4 is 15.9 Å². The number of rotatable bonds is 4. The van der Waals surface area contributed by atoms with E-state index in [2.05, 4.69) is 4.98 Å². The van der Waals surface area contributed by atoms with Crippen LogP contribution in [0.5, 0.6) is 0 Å². The number of sulfonamides is 1. The fourth-order valence-electron chi connectivity index (χ4n) is 3.19. The van der Waals surface area contributed by atoms with E-state index in [9.17, 15) is 17.6 Å². The van der Waals surface area contributed by atoms with Gasteiger partial charge in [-0.05, 0) is 36.8 Å². The lowest BCUT2D eigenvalue weighted by Gasteiger charge is -2.23. The lowest BCUT2D eigenvalue weighted by molar-refractivity contribution is -0.133. The number of aryl methyl sites for hydroxylation is 1. The number of halogens is 1. The van der Waals surface area contributed by atoms with Crippen LogP contribution in [-0.4, -0.2) is 55.2 Å². The fraction of sp³-hybridized carbons (Fsp3) is 0.368. The highest BCUT2D eigenvalue weighted by Gasteiger charge is 2.36. The third kappa shape index (κ3) is 4.17. The molecule has 1 aliphatic rings. The molecule has 144 valence electrons. The molecule has 1 atom stereocenters. The molecule has 2 aromatic rings. The van der Waals surface area contributed by atoms with E-state index in [0.717, 1.165) is 6.07 Å². The largest absolute Gasteiger partial charge is 0.344 e. The number of aromatic nitrogens is 1. The Bertz CT molecular complexity index is 934. The molecule has 2 heterocycles. The summed E-state index contributed by atoms with van der Waals surface area (Å²) >= 11 is 0. The van der Waals surface area contributed by atoms with Crippen LogP contribution in [0.1, 0.15) is 11.3 Å². The average Bonchev–Trinajstić information content (AvgIpc) is 2.78. The van der Waals surface area contributed by atoms with E-state index in [1.165, 1.54) is 21.3 Å². The van der Waals surface area contributed by atoms with Gasteiger partial charge in [0.2, 0.25) is 15.9 Å². The summed E-state index contributed by atoms with van der Waals surface area (Å²) in [6, 6.07) is 9.42. The van der Waals surface area contributed by atoms with Gasteiger partial charge in [-0.15, -0.1) is 0 Å². The molecule has 0 N–H and O–H groups in total. The first kappa shape index (κ1) is 19.4. The Kier molecular flexibility index (Phi) is 5.57. The molecule has 1 aliphatic heterocycles. The number of likely N-dealkylation sites (N-methyl/N-ethyl adjacent to an activating group) is 1. The number of hydrogen-bond acceptors (Lipinski definition) is 4. The molecule has 8 heteroatoms. The summed E-state index contributed by atoms with van der Waals surface area (Å²) in [4.78, 5) is 18.1. The summed E-state index contributed by atoms with van der Waals surface area (Å²) < 4.78 is 41.6. The Hall–Kier alpha value is -2.32. The molecule has 1 amide bonds. The van der Waals surface area contributed by atoms with Crippen molar-refractivity contribution in [2.75, 3.05) is 26.7 Å². The molecule has 0 radical (unpaired) electrons. The Labute approximate surface area is 158 Å². The third-order valence-corrected chi connectivity index (χ3v) is 6.60. The van der Waals surface area contributed by atoms with Crippen LogP contribution >= 0.6 is 0 Å².